The fourth-order valence-electron chi connectivity index (χ4n) is 1.94. The Morgan fingerprint density at radius 3 is 2.55 bits per heavy atom. The SMILES string of the molecule is CCCC(=O)Nc1ccc(CNC(=O)c2scnc2C)cc1. The summed E-state index contributed by atoms with van der Waals surface area (Å²) in [7, 11) is 0. The molecule has 0 saturated carbocycles. The van der Waals surface area contributed by atoms with Crippen LogP contribution in [0.1, 0.15) is 40.7 Å². The average molecular weight is 317 g/mol. The Hall–Kier alpha value is -2.21. The number of aromatic nitrogens is 1. The maximum atomic E-state index is 12.0. The lowest BCUT2D eigenvalue weighted by Crippen LogP contribution is -2.22. The molecule has 22 heavy (non-hydrogen) atoms. The highest BCUT2D eigenvalue weighted by Crippen LogP contribution is 2.13. The molecule has 0 radical (unpaired) electrons. The van der Waals surface area contributed by atoms with Gasteiger partial charge < -0.3 is 10.6 Å². The lowest BCUT2D eigenvalue weighted by atomic mass is 10.2. The van der Waals surface area contributed by atoms with E-state index in [2.05, 4.69) is 15.6 Å². The maximum Gasteiger partial charge on any atom is 0.263 e. The van der Waals surface area contributed by atoms with E-state index in [1.165, 1.54) is 11.3 Å². The van der Waals surface area contributed by atoms with Crippen LogP contribution >= 0.6 is 11.3 Å². The van der Waals surface area contributed by atoms with Crippen molar-refractivity contribution in [1.82, 2.24) is 10.3 Å². The van der Waals surface area contributed by atoms with E-state index in [0.717, 1.165) is 23.4 Å². The van der Waals surface area contributed by atoms with Crippen molar-refractivity contribution in [2.24, 2.45) is 0 Å². The van der Waals surface area contributed by atoms with Gasteiger partial charge in [0.15, 0.2) is 0 Å². The van der Waals surface area contributed by atoms with Gasteiger partial charge in [0.05, 0.1) is 11.2 Å². The number of thiazole rings is 1. The Labute approximate surface area is 133 Å². The molecule has 1 aromatic carbocycles. The monoisotopic (exact) mass is 317 g/mol. The molecule has 0 aliphatic rings. The predicted molar refractivity (Wildman–Crippen MR) is 88.0 cm³/mol. The van der Waals surface area contributed by atoms with E-state index >= 15 is 0 Å². The molecule has 6 heteroatoms. The summed E-state index contributed by atoms with van der Waals surface area (Å²) in [6, 6.07) is 7.46. The molecule has 5 nitrogen and oxygen atoms in total. The Kier molecular flexibility index (Phi) is 5.66. The fourth-order valence-corrected chi connectivity index (χ4v) is 2.66. The molecule has 2 rings (SSSR count). The van der Waals surface area contributed by atoms with E-state index in [1.54, 1.807) is 5.51 Å². The number of hydrogen-bond donors (Lipinski definition) is 2. The molecule has 2 amide bonds. The normalized spacial score (nSPS) is 10.3. The van der Waals surface area contributed by atoms with Gasteiger partial charge in [0.25, 0.3) is 5.91 Å². The molecule has 0 aliphatic heterocycles. The van der Waals surface area contributed by atoms with E-state index in [9.17, 15) is 9.59 Å². The quantitative estimate of drug-likeness (QED) is 0.860. The Balaban J connectivity index is 1.88. The van der Waals surface area contributed by atoms with E-state index in [4.69, 9.17) is 0 Å². The van der Waals surface area contributed by atoms with E-state index in [1.807, 2.05) is 38.1 Å². The number of amides is 2. The van der Waals surface area contributed by atoms with Crippen molar-refractivity contribution in [2.75, 3.05) is 5.32 Å². The Bertz CT molecular complexity index is 650. The number of nitrogens with zero attached hydrogens (tertiary/aromatic N) is 1. The van der Waals surface area contributed by atoms with Gasteiger partial charge in [-0.15, -0.1) is 11.3 Å². The van der Waals surface area contributed by atoms with E-state index in [0.29, 0.717) is 17.8 Å². The minimum atomic E-state index is -0.111. The highest BCUT2D eigenvalue weighted by molar-refractivity contribution is 7.11. The highest BCUT2D eigenvalue weighted by Gasteiger charge is 2.11. The molecular weight excluding hydrogens is 298 g/mol. The number of anilines is 1. The first-order valence-electron chi connectivity index (χ1n) is 7.17. The lowest BCUT2D eigenvalue weighted by Gasteiger charge is -2.07. The summed E-state index contributed by atoms with van der Waals surface area (Å²) in [6.45, 7) is 4.23. The van der Waals surface area contributed by atoms with E-state index < -0.39 is 0 Å². The minimum Gasteiger partial charge on any atom is -0.347 e. The molecule has 0 spiro atoms. The smallest absolute Gasteiger partial charge is 0.263 e. The van der Waals surface area contributed by atoms with Crippen LogP contribution in [0.5, 0.6) is 0 Å². The van der Waals surface area contributed by atoms with Crippen molar-refractivity contribution in [3.63, 3.8) is 0 Å². The second kappa shape index (κ2) is 7.70. The summed E-state index contributed by atoms with van der Waals surface area (Å²) in [4.78, 5) is 28.2. The van der Waals surface area contributed by atoms with Crippen molar-refractivity contribution in [2.45, 2.75) is 33.2 Å². The largest absolute Gasteiger partial charge is 0.347 e. The summed E-state index contributed by atoms with van der Waals surface area (Å²) in [5.41, 5.74) is 4.16. The van der Waals surface area contributed by atoms with Gasteiger partial charge in [0.1, 0.15) is 4.88 Å². The zero-order chi connectivity index (χ0) is 15.9. The Morgan fingerprint density at radius 2 is 1.95 bits per heavy atom. The molecule has 116 valence electrons. The van der Waals surface area contributed by atoms with Gasteiger partial charge in [0, 0.05) is 18.7 Å². The number of aryl methyl sites for hydroxylation is 1. The standard InChI is InChI=1S/C16H19N3O2S/c1-3-4-14(20)19-13-7-5-12(6-8-13)9-17-16(21)15-11(2)18-10-22-15/h5-8,10H,3-4,9H2,1-2H3,(H,17,21)(H,19,20). The zero-order valence-corrected chi connectivity index (χ0v) is 13.5. The fraction of sp³-hybridized carbons (Fsp3) is 0.312. The van der Waals surface area contributed by atoms with Gasteiger partial charge in [-0.05, 0) is 31.0 Å². The van der Waals surface area contributed by atoms with Gasteiger partial charge >= 0.3 is 0 Å². The number of hydrogen-bond acceptors (Lipinski definition) is 4. The molecule has 2 aromatic rings. The predicted octanol–water partition coefficient (Wildman–Crippen LogP) is 3.12. The van der Waals surface area contributed by atoms with Crippen LogP contribution in [0.4, 0.5) is 5.69 Å². The van der Waals surface area contributed by atoms with Crippen molar-refractivity contribution in [1.29, 1.82) is 0 Å². The maximum absolute atomic E-state index is 12.0. The topological polar surface area (TPSA) is 71.1 Å². The highest BCUT2D eigenvalue weighted by atomic mass is 32.1. The number of carbonyl (C=O) groups is 2. The van der Waals surface area contributed by atoms with Gasteiger partial charge in [-0.2, -0.15) is 0 Å². The van der Waals surface area contributed by atoms with Crippen LogP contribution in [0, 0.1) is 6.92 Å². The minimum absolute atomic E-state index is 0.0178. The first-order valence-corrected chi connectivity index (χ1v) is 8.05. The third kappa shape index (κ3) is 4.39. The first kappa shape index (κ1) is 16.2. The molecule has 0 atom stereocenters. The summed E-state index contributed by atoms with van der Waals surface area (Å²) in [6.07, 6.45) is 1.35. The van der Waals surface area contributed by atoms with Gasteiger partial charge in [0.2, 0.25) is 5.91 Å². The van der Waals surface area contributed by atoms with Crippen LogP contribution in [-0.2, 0) is 11.3 Å². The van der Waals surface area contributed by atoms with Crippen LogP contribution in [0.25, 0.3) is 0 Å². The number of benzene rings is 1. The lowest BCUT2D eigenvalue weighted by molar-refractivity contribution is -0.116. The molecule has 1 aromatic heterocycles. The van der Waals surface area contributed by atoms with E-state index in [-0.39, 0.29) is 11.8 Å². The van der Waals surface area contributed by atoms with Crippen molar-refractivity contribution >= 4 is 28.8 Å². The van der Waals surface area contributed by atoms with Crippen LogP contribution in [0.2, 0.25) is 0 Å². The zero-order valence-electron chi connectivity index (χ0n) is 12.7. The van der Waals surface area contributed by atoms with Gasteiger partial charge in [-0.3, -0.25) is 9.59 Å². The van der Waals surface area contributed by atoms with Crippen LogP contribution in [0.3, 0.4) is 0 Å². The molecule has 0 saturated heterocycles. The van der Waals surface area contributed by atoms with Crippen LogP contribution in [0.15, 0.2) is 29.8 Å². The van der Waals surface area contributed by atoms with Gasteiger partial charge in [-0.1, -0.05) is 19.1 Å². The van der Waals surface area contributed by atoms with Crippen LogP contribution < -0.4 is 10.6 Å². The second-order valence-corrected chi connectivity index (χ2v) is 5.80. The molecule has 0 fully saturated rings. The first-order chi connectivity index (χ1) is 10.6. The summed E-state index contributed by atoms with van der Waals surface area (Å²) >= 11 is 1.34. The summed E-state index contributed by atoms with van der Waals surface area (Å²) in [5, 5.41) is 5.70. The molecule has 0 bridgehead atoms. The van der Waals surface area contributed by atoms with Crippen molar-refractivity contribution in [3.05, 3.63) is 45.9 Å². The molecule has 2 N–H and O–H groups in total. The molecular formula is C16H19N3O2S. The average Bonchev–Trinajstić information content (AvgIpc) is 2.93. The molecule has 0 aliphatic carbocycles. The number of nitrogens with one attached hydrogen (secondary N) is 2. The third-order valence-electron chi connectivity index (χ3n) is 3.12. The number of carbonyl (C=O) groups excluding carboxylic acids is 2. The number of rotatable bonds is 6. The Morgan fingerprint density at radius 1 is 1.23 bits per heavy atom. The third-order valence-corrected chi connectivity index (χ3v) is 4.05. The van der Waals surface area contributed by atoms with Crippen molar-refractivity contribution in [3.8, 4) is 0 Å². The van der Waals surface area contributed by atoms with Gasteiger partial charge in [-0.25, -0.2) is 4.98 Å². The summed E-state index contributed by atoms with van der Waals surface area (Å²) < 4.78 is 0. The summed E-state index contributed by atoms with van der Waals surface area (Å²) in [5.74, 6) is -0.0930. The molecule has 0 unspecified atom stereocenters. The van der Waals surface area contributed by atoms with Crippen LogP contribution in [-0.4, -0.2) is 16.8 Å². The second-order valence-electron chi connectivity index (χ2n) is 4.94. The molecule has 1 heterocycles. The van der Waals surface area contributed by atoms with Crippen molar-refractivity contribution < 1.29 is 9.59 Å².